The molecule has 0 unspecified atom stereocenters. The van der Waals surface area contributed by atoms with E-state index in [1.54, 1.807) is 0 Å². The number of carbonyl (C=O) groups is 3. The Morgan fingerprint density at radius 1 is 1.43 bits per heavy atom. The van der Waals surface area contributed by atoms with Crippen LogP contribution >= 0.6 is 0 Å². The molecule has 78 valence electrons. The number of rotatable bonds is 4. The highest BCUT2D eigenvalue weighted by molar-refractivity contribution is 5.93. The normalized spacial score (nSPS) is 15.5. The van der Waals surface area contributed by atoms with Gasteiger partial charge in [0.2, 0.25) is 5.91 Å². The van der Waals surface area contributed by atoms with E-state index in [1.165, 1.54) is 6.92 Å². The maximum absolute atomic E-state index is 11.4. The molecule has 0 aromatic heterocycles. The zero-order valence-corrected chi connectivity index (χ0v) is 8.12. The second kappa shape index (κ2) is 4.74. The lowest BCUT2D eigenvalue weighted by Crippen LogP contribution is -2.31. The number of amides is 2. The fraction of sp³-hybridized carbons (Fsp3) is 0.667. The number of cyclic esters (lactones) is 1. The van der Waals surface area contributed by atoms with Gasteiger partial charge >= 0.3 is 6.09 Å². The predicted octanol–water partition coefficient (Wildman–Crippen LogP) is 0.725. The zero-order valence-electron chi connectivity index (χ0n) is 8.12. The van der Waals surface area contributed by atoms with Crippen LogP contribution < -0.4 is 0 Å². The topological polar surface area (TPSA) is 63.7 Å². The van der Waals surface area contributed by atoms with Gasteiger partial charge in [-0.2, -0.15) is 0 Å². The van der Waals surface area contributed by atoms with Crippen LogP contribution in [0.1, 0.15) is 26.2 Å². The van der Waals surface area contributed by atoms with E-state index >= 15 is 0 Å². The number of ether oxygens (including phenoxy) is 1. The molecular weight excluding hydrogens is 186 g/mol. The number of carbonyl (C=O) groups excluding carboxylic acids is 3. The molecule has 0 saturated carbocycles. The molecule has 0 aromatic rings. The molecule has 0 aliphatic carbocycles. The molecule has 1 aliphatic rings. The summed E-state index contributed by atoms with van der Waals surface area (Å²) in [6.45, 7) is 2.09. The monoisotopic (exact) mass is 199 g/mol. The first-order valence-electron chi connectivity index (χ1n) is 4.58. The minimum atomic E-state index is -0.571. The highest BCUT2D eigenvalue weighted by Crippen LogP contribution is 2.07. The number of hydrogen-bond acceptors (Lipinski definition) is 4. The molecule has 1 heterocycles. The SMILES string of the molecule is CC(=O)CCCC(=O)N1CCOC1=O. The summed E-state index contributed by atoms with van der Waals surface area (Å²) in [7, 11) is 0. The minimum Gasteiger partial charge on any atom is -0.447 e. The Bertz CT molecular complexity index is 262. The van der Waals surface area contributed by atoms with Gasteiger partial charge in [-0.05, 0) is 13.3 Å². The van der Waals surface area contributed by atoms with E-state index in [0.717, 1.165) is 4.90 Å². The van der Waals surface area contributed by atoms with E-state index < -0.39 is 6.09 Å². The van der Waals surface area contributed by atoms with E-state index in [1.807, 2.05) is 0 Å². The molecule has 0 atom stereocenters. The summed E-state index contributed by atoms with van der Waals surface area (Å²) in [4.78, 5) is 34.0. The van der Waals surface area contributed by atoms with Crippen molar-refractivity contribution in [2.24, 2.45) is 0 Å². The van der Waals surface area contributed by atoms with Gasteiger partial charge in [0.15, 0.2) is 0 Å². The Labute approximate surface area is 82.0 Å². The van der Waals surface area contributed by atoms with Gasteiger partial charge in [0.05, 0.1) is 6.54 Å². The largest absolute Gasteiger partial charge is 0.447 e. The molecule has 5 heteroatoms. The fourth-order valence-corrected chi connectivity index (χ4v) is 1.24. The van der Waals surface area contributed by atoms with Gasteiger partial charge in [-0.15, -0.1) is 0 Å². The van der Waals surface area contributed by atoms with Gasteiger partial charge < -0.3 is 9.53 Å². The third-order valence-corrected chi connectivity index (χ3v) is 1.98. The van der Waals surface area contributed by atoms with Crippen molar-refractivity contribution in [3.05, 3.63) is 0 Å². The molecule has 1 saturated heterocycles. The highest BCUT2D eigenvalue weighted by Gasteiger charge is 2.27. The lowest BCUT2D eigenvalue weighted by molar-refractivity contribution is -0.127. The van der Waals surface area contributed by atoms with Gasteiger partial charge in [0, 0.05) is 12.8 Å². The quantitative estimate of drug-likeness (QED) is 0.669. The second-order valence-corrected chi connectivity index (χ2v) is 3.22. The van der Waals surface area contributed by atoms with Gasteiger partial charge in [-0.1, -0.05) is 0 Å². The first kappa shape index (κ1) is 10.7. The molecule has 5 nitrogen and oxygen atoms in total. The van der Waals surface area contributed by atoms with Crippen LogP contribution in [0, 0.1) is 0 Å². The summed E-state index contributed by atoms with van der Waals surface area (Å²) in [5.74, 6) is -0.199. The standard InChI is InChI=1S/C9H13NO4/c1-7(11)3-2-4-8(12)10-5-6-14-9(10)13/h2-6H2,1H3. The lowest BCUT2D eigenvalue weighted by Gasteiger charge is -2.09. The van der Waals surface area contributed by atoms with Gasteiger partial charge in [0.25, 0.3) is 0 Å². The lowest BCUT2D eigenvalue weighted by atomic mass is 10.2. The number of ketones is 1. The van der Waals surface area contributed by atoms with E-state index in [2.05, 4.69) is 4.74 Å². The van der Waals surface area contributed by atoms with Crippen LogP contribution in [0.25, 0.3) is 0 Å². The molecule has 0 bridgehead atoms. The predicted molar refractivity (Wildman–Crippen MR) is 47.6 cm³/mol. The van der Waals surface area contributed by atoms with Crippen LogP contribution in [-0.2, 0) is 14.3 Å². The smallest absolute Gasteiger partial charge is 0.416 e. The second-order valence-electron chi connectivity index (χ2n) is 3.22. The molecule has 1 aliphatic heterocycles. The van der Waals surface area contributed by atoms with Crippen LogP contribution in [0.4, 0.5) is 4.79 Å². The molecule has 14 heavy (non-hydrogen) atoms. The van der Waals surface area contributed by atoms with Crippen LogP contribution in [0.2, 0.25) is 0 Å². The molecule has 0 radical (unpaired) electrons. The van der Waals surface area contributed by atoms with Crippen LogP contribution in [0.5, 0.6) is 0 Å². The molecule has 0 spiro atoms. The van der Waals surface area contributed by atoms with E-state index in [-0.39, 0.29) is 24.7 Å². The Balaban J connectivity index is 2.27. The third-order valence-electron chi connectivity index (χ3n) is 1.98. The summed E-state index contributed by atoms with van der Waals surface area (Å²) >= 11 is 0. The van der Waals surface area contributed by atoms with Crippen molar-refractivity contribution in [3.8, 4) is 0 Å². The van der Waals surface area contributed by atoms with Crippen molar-refractivity contribution in [2.75, 3.05) is 13.2 Å². The molecule has 2 amide bonds. The maximum atomic E-state index is 11.4. The molecular formula is C9H13NO4. The summed E-state index contributed by atoms with van der Waals surface area (Å²) in [5.41, 5.74) is 0. The minimum absolute atomic E-state index is 0.0572. The molecule has 1 rings (SSSR count). The molecule has 0 aromatic carbocycles. The summed E-state index contributed by atoms with van der Waals surface area (Å²) < 4.78 is 4.61. The number of hydrogen-bond donors (Lipinski definition) is 0. The third kappa shape index (κ3) is 2.83. The fourth-order valence-electron chi connectivity index (χ4n) is 1.24. The summed E-state index contributed by atoms with van der Waals surface area (Å²) in [6.07, 6.45) is 0.541. The van der Waals surface area contributed by atoms with Gasteiger partial charge in [-0.3, -0.25) is 4.79 Å². The average Bonchev–Trinajstić information content (AvgIpc) is 2.50. The van der Waals surface area contributed by atoms with Crippen molar-refractivity contribution in [1.29, 1.82) is 0 Å². The average molecular weight is 199 g/mol. The number of imide groups is 1. The Kier molecular flexibility index (Phi) is 3.62. The van der Waals surface area contributed by atoms with Crippen molar-refractivity contribution in [2.45, 2.75) is 26.2 Å². The maximum Gasteiger partial charge on any atom is 0.416 e. The Morgan fingerprint density at radius 3 is 2.64 bits per heavy atom. The molecule has 0 N–H and O–H groups in total. The Hall–Kier alpha value is -1.39. The van der Waals surface area contributed by atoms with Crippen LogP contribution in [0.3, 0.4) is 0 Å². The summed E-state index contributed by atoms with van der Waals surface area (Å²) in [5, 5.41) is 0. The van der Waals surface area contributed by atoms with Gasteiger partial charge in [0.1, 0.15) is 12.4 Å². The summed E-state index contributed by atoms with van der Waals surface area (Å²) in [6, 6.07) is 0. The number of Topliss-reactive ketones (excluding diaryl/α,β-unsaturated/α-hetero) is 1. The van der Waals surface area contributed by atoms with E-state index in [4.69, 9.17) is 0 Å². The van der Waals surface area contributed by atoms with Crippen molar-refractivity contribution >= 4 is 17.8 Å². The first-order valence-corrected chi connectivity index (χ1v) is 4.58. The van der Waals surface area contributed by atoms with Crippen LogP contribution in [-0.4, -0.2) is 35.8 Å². The molecule has 1 fully saturated rings. The highest BCUT2D eigenvalue weighted by atomic mass is 16.6. The zero-order chi connectivity index (χ0) is 10.6. The van der Waals surface area contributed by atoms with Crippen molar-refractivity contribution < 1.29 is 19.1 Å². The van der Waals surface area contributed by atoms with Crippen LogP contribution in [0.15, 0.2) is 0 Å². The number of nitrogens with zero attached hydrogens (tertiary/aromatic N) is 1. The first-order chi connectivity index (χ1) is 6.61. The van der Waals surface area contributed by atoms with E-state index in [0.29, 0.717) is 19.4 Å². The van der Waals surface area contributed by atoms with E-state index in [9.17, 15) is 14.4 Å². The van der Waals surface area contributed by atoms with Crippen molar-refractivity contribution in [3.63, 3.8) is 0 Å². The Morgan fingerprint density at radius 2 is 2.14 bits per heavy atom. The van der Waals surface area contributed by atoms with Crippen molar-refractivity contribution in [1.82, 2.24) is 4.90 Å². The van der Waals surface area contributed by atoms with Gasteiger partial charge in [-0.25, -0.2) is 9.69 Å².